The summed E-state index contributed by atoms with van der Waals surface area (Å²) < 4.78 is 5.56. The molecule has 1 aromatic heterocycles. The van der Waals surface area contributed by atoms with Gasteiger partial charge in [-0.1, -0.05) is 30.3 Å². The van der Waals surface area contributed by atoms with E-state index in [0.29, 0.717) is 42.1 Å². The number of nitrogens with one attached hydrogen (secondary N) is 2. The molecule has 7 heteroatoms. The van der Waals surface area contributed by atoms with Crippen molar-refractivity contribution in [3.8, 4) is 17.0 Å². The average molecular weight is 467 g/mol. The Morgan fingerprint density at radius 3 is 2.57 bits per heavy atom. The summed E-state index contributed by atoms with van der Waals surface area (Å²) in [6.45, 7) is 4.83. The monoisotopic (exact) mass is 466 g/mol. The molecule has 5 rings (SSSR count). The zero-order valence-electron chi connectivity index (χ0n) is 19.7. The van der Waals surface area contributed by atoms with E-state index in [0.717, 1.165) is 28.5 Å². The second-order valence-corrected chi connectivity index (χ2v) is 8.33. The molecule has 35 heavy (non-hydrogen) atoms. The van der Waals surface area contributed by atoms with E-state index >= 15 is 0 Å². The molecule has 0 bridgehead atoms. The summed E-state index contributed by atoms with van der Waals surface area (Å²) in [6, 6.07) is 21.9. The minimum absolute atomic E-state index is 0.0982. The molecule has 7 nitrogen and oxygen atoms in total. The van der Waals surface area contributed by atoms with Crippen molar-refractivity contribution < 1.29 is 14.3 Å². The third-order valence-electron chi connectivity index (χ3n) is 6.00. The van der Waals surface area contributed by atoms with Gasteiger partial charge >= 0.3 is 0 Å². The predicted octanol–water partition coefficient (Wildman–Crippen LogP) is 5.24. The Balaban J connectivity index is 1.36. The molecule has 4 aromatic rings. The van der Waals surface area contributed by atoms with Crippen LogP contribution < -0.4 is 15.0 Å². The van der Waals surface area contributed by atoms with Crippen molar-refractivity contribution in [3.63, 3.8) is 0 Å². The SMILES string of the molecule is CCOc1ccccc1C(=O)Nc1ccc(C(=O)N2CCc3[nH]c(C)nc3-c3ccccc32)cc1. The van der Waals surface area contributed by atoms with Crippen LogP contribution in [-0.4, -0.2) is 34.9 Å². The lowest BCUT2D eigenvalue weighted by molar-refractivity contribution is 0.0986. The van der Waals surface area contributed by atoms with Gasteiger partial charge in [0.05, 0.1) is 23.6 Å². The maximum absolute atomic E-state index is 13.5. The van der Waals surface area contributed by atoms with E-state index in [1.165, 1.54) is 0 Å². The number of nitrogens with zero attached hydrogens (tertiary/aromatic N) is 2. The van der Waals surface area contributed by atoms with Gasteiger partial charge in [-0.3, -0.25) is 9.59 Å². The van der Waals surface area contributed by atoms with Crippen molar-refractivity contribution in [2.75, 3.05) is 23.4 Å². The Kier molecular flexibility index (Phi) is 6.06. The van der Waals surface area contributed by atoms with Gasteiger partial charge in [0.25, 0.3) is 11.8 Å². The van der Waals surface area contributed by atoms with Crippen molar-refractivity contribution in [1.29, 1.82) is 0 Å². The number of rotatable bonds is 5. The van der Waals surface area contributed by atoms with Crippen LogP contribution in [0.15, 0.2) is 72.8 Å². The number of carbonyl (C=O) groups is 2. The largest absolute Gasteiger partial charge is 0.493 e. The standard InChI is InChI=1S/C28H26N4O3/c1-3-35-25-11-7-5-9-22(25)27(33)31-20-14-12-19(13-15-20)28(34)32-17-16-23-26(30-18(2)29-23)21-8-4-6-10-24(21)32/h4-15H,3,16-17H2,1-2H3,(H,29,30)(H,31,33). The molecule has 0 spiro atoms. The zero-order valence-corrected chi connectivity index (χ0v) is 19.7. The molecule has 0 saturated heterocycles. The van der Waals surface area contributed by atoms with Crippen LogP contribution in [0.3, 0.4) is 0 Å². The highest BCUT2D eigenvalue weighted by Gasteiger charge is 2.26. The average Bonchev–Trinajstić information content (AvgIpc) is 3.18. The highest BCUT2D eigenvalue weighted by molar-refractivity contribution is 6.09. The van der Waals surface area contributed by atoms with Crippen LogP contribution >= 0.6 is 0 Å². The van der Waals surface area contributed by atoms with Gasteiger partial charge in [0, 0.05) is 35.5 Å². The minimum atomic E-state index is -0.265. The van der Waals surface area contributed by atoms with Gasteiger partial charge in [0.1, 0.15) is 11.6 Å². The molecule has 1 aliphatic heterocycles. The molecule has 0 unspecified atom stereocenters. The third-order valence-corrected chi connectivity index (χ3v) is 6.00. The Morgan fingerprint density at radius 1 is 1.03 bits per heavy atom. The molecule has 2 N–H and O–H groups in total. The summed E-state index contributed by atoms with van der Waals surface area (Å²) in [6.07, 6.45) is 0.684. The number of aromatic amines is 1. The van der Waals surface area contributed by atoms with Crippen LogP contribution in [0.2, 0.25) is 0 Å². The highest BCUT2D eigenvalue weighted by atomic mass is 16.5. The molecule has 0 saturated carbocycles. The van der Waals surface area contributed by atoms with Gasteiger partial charge in [-0.2, -0.15) is 0 Å². The molecular weight excluding hydrogens is 440 g/mol. The Labute approximate surface area is 203 Å². The smallest absolute Gasteiger partial charge is 0.259 e. The fourth-order valence-electron chi connectivity index (χ4n) is 4.39. The molecule has 0 aliphatic carbocycles. The quantitative estimate of drug-likeness (QED) is 0.421. The van der Waals surface area contributed by atoms with Crippen molar-refractivity contribution in [2.24, 2.45) is 0 Å². The summed E-state index contributed by atoms with van der Waals surface area (Å²) in [4.78, 5) is 36.1. The first kappa shape index (κ1) is 22.4. The van der Waals surface area contributed by atoms with Gasteiger partial charge in [-0.25, -0.2) is 4.98 Å². The fourth-order valence-corrected chi connectivity index (χ4v) is 4.39. The topological polar surface area (TPSA) is 87.3 Å². The lowest BCUT2D eigenvalue weighted by atomic mass is 10.1. The number of fused-ring (bicyclic) bond motifs is 3. The van der Waals surface area contributed by atoms with Crippen LogP contribution in [0.1, 0.15) is 39.2 Å². The van der Waals surface area contributed by atoms with E-state index < -0.39 is 0 Å². The molecule has 0 fully saturated rings. The summed E-state index contributed by atoms with van der Waals surface area (Å²) in [5, 5.41) is 2.89. The van der Waals surface area contributed by atoms with Gasteiger partial charge in [0.15, 0.2) is 0 Å². The maximum atomic E-state index is 13.5. The number of amides is 2. The number of anilines is 2. The number of hydrogen-bond acceptors (Lipinski definition) is 4. The molecule has 1 aliphatic rings. The van der Waals surface area contributed by atoms with Crippen molar-refractivity contribution in [1.82, 2.24) is 9.97 Å². The third kappa shape index (κ3) is 4.40. The number of ether oxygens (including phenoxy) is 1. The van der Waals surface area contributed by atoms with E-state index in [1.807, 2.05) is 44.2 Å². The summed E-state index contributed by atoms with van der Waals surface area (Å²) in [7, 11) is 0. The number of H-pyrrole nitrogens is 1. The number of para-hydroxylation sites is 2. The van der Waals surface area contributed by atoms with Crippen molar-refractivity contribution in [3.05, 3.63) is 95.4 Å². The second kappa shape index (κ2) is 9.46. The summed E-state index contributed by atoms with van der Waals surface area (Å²) >= 11 is 0. The molecule has 2 heterocycles. The van der Waals surface area contributed by atoms with Gasteiger partial charge in [-0.15, -0.1) is 0 Å². The van der Waals surface area contributed by atoms with E-state index in [2.05, 4.69) is 15.3 Å². The predicted molar refractivity (Wildman–Crippen MR) is 136 cm³/mol. The van der Waals surface area contributed by atoms with Gasteiger partial charge in [0.2, 0.25) is 0 Å². The first-order valence-corrected chi connectivity index (χ1v) is 11.6. The highest BCUT2D eigenvalue weighted by Crippen LogP contribution is 2.35. The van der Waals surface area contributed by atoms with E-state index in [-0.39, 0.29) is 11.8 Å². The number of benzene rings is 3. The summed E-state index contributed by atoms with van der Waals surface area (Å²) in [5.74, 6) is 1.04. The van der Waals surface area contributed by atoms with Crippen LogP contribution in [0, 0.1) is 6.92 Å². The molecule has 176 valence electrons. The van der Waals surface area contributed by atoms with Crippen molar-refractivity contribution >= 4 is 23.2 Å². The number of hydrogen-bond donors (Lipinski definition) is 2. The fraction of sp³-hybridized carbons (Fsp3) is 0.179. The molecule has 0 radical (unpaired) electrons. The van der Waals surface area contributed by atoms with Crippen molar-refractivity contribution in [2.45, 2.75) is 20.3 Å². The molecular formula is C28H26N4O3. The number of carbonyl (C=O) groups excluding carboxylic acids is 2. The van der Waals surface area contributed by atoms with E-state index in [4.69, 9.17) is 4.74 Å². The Morgan fingerprint density at radius 2 is 1.77 bits per heavy atom. The first-order chi connectivity index (χ1) is 17.0. The van der Waals surface area contributed by atoms with Crippen LogP contribution in [0.4, 0.5) is 11.4 Å². The number of aromatic nitrogens is 2. The van der Waals surface area contributed by atoms with Crippen LogP contribution in [-0.2, 0) is 6.42 Å². The lowest BCUT2D eigenvalue weighted by Crippen LogP contribution is -2.32. The first-order valence-electron chi connectivity index (χ1n) is 11.6. The van der Waals surface area contributed by atoms with Gasteiger partial charge in [-0.05, 0) is 56.3 Å². The summed E-state index contributed by atoms with van der Waals surface area (Å²) in [5.41, 5.74) is 5.32. The zero-order chi connectivity index (χ0) is 24.4. The van der Waals surface area contributed by atoms with Gasteiger partial charge < -0.3 is 19.9 Å². The molecule has 2 amide bonds. The van der Waals surface area contributed by atoms with Crippen LogP contribution in [0.25, 0.3) is 11.3 Å². The number of aryl methyl sites for hydroxylation is 1. The maximum Gasteiger partial charge on any atom is 0.259 e. The molecule has 0 atom stereocenters. The minimum Gasteiger partial charge on any atom is -0.493 e. The molecule has 3 aromatic carbocycles. The Bertz CT molecular complexity index is 1390. The van der Waals surface area contributed by atoms with E-state index in [1.54, 1.807) is 47.4 Å². The number of imidazole rings is 1. The second-order valence-electron chi connectivity index (χ2n) is 8.33. The lowest BCUT2D eigenvalue weighted by Gasteiger charge is -2.23. The normalized spacial score (nSPS) is 12.3. The Hall–Kier alpha value is -4.39. The van der Waals surface area contributed by atoms with E-state index in [9.17, 15) is 9.59 Å². The van der Waals surface area contributed by atoms with Crippen LogP contribution in [0.5, 0.6) is 5.75 Å².